The number of thiazole rings is 1. The molecule has 134 valence electrons. The second kappa shape index (κ2) is 8.75. The van der Waals surface area contributed by atoms with Gasteiger partial charge in [0, 0.05) is 50.5 Å². The quantitative estimate of drug-likeness (QED) is 0.648. The van der Waals surface area contributed by atoms with Crippen LogP contribution in [0.2, 0.25) is 0 Å². The summed E-state index contributed by atoms with van der Waals surface area (Å²) in [5.41, 5.74) is 1.05. The van der Waals surface area contributed by atoms with Crippen molar-refractivity contribution in [3.8, 4) is 0 Å². The molecule has 0 radical (unpaired) electrons. The summed E-state index contributed by atoms with van der Waals surface area (Å²) in [7, 11) is 0. The van der Waals surface area contributed by atoms with Crippen LogP contribution in [0.15, 0.2) is 28.8 Å². The van der Waals surface area contributed by atoms with E-state index in [4.69, 9.17) is 4.99 Å². The van der Waals surface area contributed by atoms with Gasteiger partial charge in [0.2, 0.25) is 5.95 Å². The summed E-state index contributed by atoms with van der Waals surface area (Å²) in [6.07, 6.45) is 4.56. The van der Waals surface area contributed by atoms with Gasteiger partial charge in [0.25, 0.3) is 0 Å². The lowest BCUT2D eigenvalue weighted by Gasteiger charge is -2.36. The van der Waals surface area contributed by atoms with Gasteiger partial charge in [-0.2, -0.15) is 0 Å². The minimum atomic E-state index is 0.626. The summed E-state index contributed by atoms with van der Waals surface area (Å²) >= 11 is 1.71. The monoisotopic (exact) mass is 359 g/mol. The van der Waals surface area contributed by atoms with Crippen LogP contribution in [-0.4, -0.2) is 58.5 Å². The highest BCUT2D eigenvalue weighted by Crippen LogP contribution is 2.12. The number of aromatic nitrogens is 3. The number of nitrogens with zero attached hydrogens (tertiary/aromatic N) is 6. The number of anilines is 1. The third kappa shape index (κ3) is 4.66. The van der Waals surface area contributed by atoms with Crippen molar-refractivity contribution >= 4 is 23.2 Å². The number of hydrogen-bond acceptors (Lipinski definition) is 6. The second-order valence-corrected chi connectivity index (χ2v) is 6.72. The fraction of sp³-hybridized carbons (Fsp3) is 0.529. The van der Waals surface area contributed by atoms with Crippen LogP contribution in [0.5, 0.6) is 0 Å². The summed E-state index contributed by atoms with van der Waals surface area (Å²) in [5.74, 6) is 1.76. The molecule has 3 heterocycles. The third-order valence-electron chi connectivity index (χ3n) is 4.04. The molecule has 0 unspecified atom stereocenters. The Hall–Kier alpha value is -2.22. The van der Waals surface area contributed by atoms with Crippen LogP contribution < -0.4 is 10.2 Å². The van der Waals surface area contributed by atoms with Crippen molar-refractivity contribution in [1.29, 1.82) is 0 Å². The van der Waals surface area contributed by atoms with Crippen molar-refractivity contribution in [2.24, 2.45) is 4.99 Å². The summed E-state index contributed by atoms with van der Waals surface area (Å²) in [5, 5.41) is 6.68. The van der Waals surface area contributed by atoms with Gasteiger partial charge >= 0.3 is 0 Å². The SMILES string of the molecule is CCNC(=NCc1csc(CC)n1)N1CCN(c2ncccn2)CC1. The minimum absolute atomic E-state index is 0.626. The van der Waals surface area contributed by atoms with Crippen LogP contribution in [-0.2, 0) is 13.0 Å². The van der Waals surface area contributed by atoms with Crippen molar-refractivity contribution in [3.05, 3.63) is 34.5 Å². The summed E-state index contributed by atoms with van der Waals surface area (Å²) in [6.45, 7) is 9.31. The van der Waals surface area contributed by atoms with Gasteiger partial charge in [-0.3, -0.25) is 0 Å². The molecule has 1 N–H and O–H groups in total. The number of aliphatic imine (C=N–C) groups is 1. The number of rotatable bonds is 5. The van der Waals surface area contributed by atoms with E-state index in [9.17, 15) is 0 Å². The fourth-order valence-electron chi connectivity index (χ4n) is 2.74. The Morgan fingerprint density at radius 1 is 1.20 bits per heavy atom. The third-order valence-corrected chi connectivity index (χ3v) is 5.08. The van der Waals surface area contributed by atoms with Crippen molar-refractivity contribution in [2.45, 2.75) is 26.8 Å². The van der Waals surface area contributed by atoms with Gasteiger partial charge < -0.3 is 15.1 Å². The van der Waals surface area contributed by atoms with Crippen LogP contribution in [0.1, 0.15) is 24.5 Å². The average molecular weight is 360 g/mol. The van der Waals surface area contributed by atoms with E-state index in [1.54, 1.807) is 23.7 Å². The lowest BCUT2D eigenvalue weighted by molar-refractivity contribution is 0.370. The molecule has 25 heavy (non-hydrogen) atoms. The Balaban J connectivity index is 1.60. The Bertz CT molecular complexity index is 677. The van der Waals surface area contributed by atoms with E-state index in [0.717, 1.165) is 56.7 Å². The predicted molar refractivity (Wildman–Crippen MR) is 102 cm³/mol. The van der Waals surface area contributed by atoms with Crippen molar-refractivity contribution in [2.75, 3.05) is 37.6 Å². The van der Waals surface area contributed by atoms with Crippen molar-refractivity contribution < 1.29 is 0 Å². The van der Waals surface area contributed by atoms with Crippen molar-refractivity contribution in [3.63, 3.8) is 0 Å². The fourth-order valence-corrected chi connectivity index (χ4v) is 3.47. The number of hydrogen-bond donors (Lipinski definition) is 1. The van der Waals surface area contributed by atoms with Crippen molar-refractivity contribution in [1.82, 2.24) is 25.2 Å². The van der Waals surface area contributed by atoms with Gasteiger partial charge in [0.1, 0.15) is 0 Å². The zero-order valence-corrected chi connectivity index (χ0v) is 15.7. The minimum Gasteiger partial charge on any atom is -0.357 e. The molecule has 0 atom stereocenters. The number of aryl methyl sites for hydroxylation is 1. The maximum atomic E-state index is 4.78. The Kier molecular flexibility index (Phi) is 6.16. The summed E-state index contributed by atoms with van der Waals surface area (Å²) in [6, 6.07) is 1.85. The predicted octanol–water partition coefficient (Wildman–Crippen LogP) is 1.78. The molecule has 1 aliphatic heterocycles. The average Bonchev–Trinajstić information content (AvgIpc) is 3.14. The molecule has 0 aliphatic carbocycles. The number of guanidine groups is 1. The van der Waals surface area contributed by atoms with E-state index >= 15 is 0 Å². The Labute approximate surface area is 152 Å². The van der Waals surface area contributed by atoms with E-state index in [2.05, 4.69) is 49.3 Å². The highest BCUT2D eigenvalue weighted by Gasteiger charge is 2.21. The lowest BCUT2D eigenvalue weighted by atomic mass is 10.3. The molecule has 2 aromatic heterocycles. The highest BCUT2D eigenvalue weighted by atomic mass is 32.1. The molecule has 8 heteroatoms. The molecule has 0 amide bonds. The maximum absolute atomic E-state index is 4.78. The molecule has 7 nitrogen and oxygen atoms in total. The molecule has 0 saturated carbocycles. The van der Waals surface area contributed by atoms with Gasteiger partial charge in [-0.25, -0.2) is 19.9 Å². The van der Waals surface area contributed by atoms with Gasteiger partial charge in [-0.1, -0.05) is 6.92 Å². The summed E-state index contributed by atoms with van der Waals surface area (Å²) < 4.78 is 0. The Morgan fingerprint density at radius 3 is 2.60 bits per heavy atom. The Morgan fingerprint density at radius 2 is 1.96 bits per heavy atom. The lowest BCUT2D eigenvalue weighted by Crippen LogP contribution is -2.53. The van der Waals surface area contributed by atoms with E-state index in [1.807, 2.05) is 6.07 Å². The molecule has 3 rings (SSSR count). The topological polar surface area (TPSA) is 69.5 Å². The maximum Gasteiger partial charge on any atom is 0.225 e. The molecule has 0 bridgehead atoms. The molecule has 1 fully saturated rings. The molecule has 2 aromatic rings. The van der Waals surface area contributed by atoms with Gasteiger partial charge in [-0.05, 0) is 19.4 Å². The van der Waals surface area contributed by atoms with Gasteiger partial charge in [0.15, 0.2) is 5.96 Å². The normalized spacial score (nSPS) is 15.5. The van der Waals surface area contributed by atoms with E-state index in [0.29, 0.717) is 6.54 Å². The van der Waals surface area contributed by atoms with Crippen LogP contribution in [0, 0.1) is 0 Å². The molecule has 1 aliphatic rings. The molecular weight excluding hydrogens is 334 g/mol. The number of nitrogens with one attached hydrogen (secondary N) is 1. The first-order chi connectivity index (χ1) is 12.3. The zero-order chi connectivity index (χ0) is 17.5. The van der Waals surface area contributed by atoms with Crippen LogP contribution >= 0.6 is 11.3 Å². The number of piperazine rings is 1. The van der Waals surface area contributed by atoms with Crippen LogP contribution in [0.25, 0.3) is 0 Å². The van der Waals surface area contributed by atoms with E-state index in [1.165, 1.54) is 5.01 Å². The summed E-state index contributed by atoms with van der Waals surface area (Å²) in [4.78, 5) is 22.6. The largest absolute Gasteiger partial charge is 0.357 e. The first-order valence-electron chi connectivity index (χ1n) is 8.78. The zero-order valence-electron chi connectivity index (χ0n) is 14.9. The van der Waals surface area contributed by atoms with E-state index in [-0.39, 0.29) is 0 Å². The van der Waals surface area contributed by atoms with Crippen LogP contribution in [0.4, 0.5) is 5.95 Å². The smallest absolute Gasteiger partial charge is 0.225 e. The van der Waals surface area contributed by atoms with Gasteiger partial charge in [0.05, 0.1) is 17.2 Å². The molecular formula is C17H25N7S. The standard InChI is InChI=1S/C17H25N7S/c1-3-15-22-14(13-25-15)12-21-16(18-4-2)23-8-10-24(11-9-23)17-19-6-5-7-20-17/h5-7,13H,3-4,8-12H2,1-2H3,(H,18,21). The second-order valence-electron chi connectivity index (χ2n) is 5.78. The molecule has 0 spiro atoms. The molecule has 0 aromatic carbocycles. The van der Waals surface area contributed by atoms with Crippen LogP contribution in [0.3, 0.4) is 0 Å². The van der Waals surface area contributed by atoms with Gasteiger partial charge in [-0.15, -0.1) is 11.3 Å². The molecule has 1 saturated heterocycles. The highest BCUT2D eigenvalue weighted by molar-refractivity contribution is 7.09. The van der Waals surface area contributed by atoms with E-state index < -0.39 is 0 Å². The first kappa shape index (κ1) is 17.6. The first-order valence-corrected chi connectivity index (χ1v) is 9.66.